The monoisotopic (exact) mass is 256 g/mol. The number of amides is 1. The van der Waals surface area contributed by atoms with E-state index in [1.807, 2.05) is 18.7 Å². The van der Waals surface area contributed by atoms with Crippen molar-refractivity contribution in [3.8, 4) is 0 Å². The predicted octanol–water partition coefficient (Wildman–Crippen LogP) is 1.08. The van der Waals surface area contributed by atoms with Crippen LogP contribution in [0.25, 0.3) is 0 Å². The van der Waals surface area contributed by atoms with Gasteiger partial charge in [0.1, 0.15) is 0 Å². The van der Waals surface area contributed by atoms with Gasteiger partial charge in [0.25, 0.3) is 0 Å². The maximum atomic E-state index is 12.5. The number of hydrogen-bond donors (Lipinski definition) is 1. The first-order valence-electron chi connectivity index (χ1n) is 6.20. The van der Waals surface area contributed by atoms with E-state index in [1.165, 1.54) is 0 Å². The van der Waals surface area contributed by atoms with Gasteiger partial charge in [-0.15, -0.1) is 0 Å². The highest BCUT2D eigenvalue weighted by Crippen LogP contribution is 2.43. The Morgan fingerprint density at radius 2 is 1.88 bits per heavy atom. The highest BCUT2D eigenvalue weighted by Gasteiger charge is 2.49. The minimum absolute atomic E-state index is 0.0890. The van der Waals surface area contributed by atoms with Crippen molar-refractivity contribution in [3.63, 3.8) is 0 Å². The van der Waals surface area contributed by atoms with Crippen LogP contribution in [0.2, 0.25) is 0 Å². The highest BCUT2D eigenvalue weighted by atomic mass is 32.1. The van der Waals surface area contributed by atoms with Gasteiger partial charge >= 0.3 is 0 Å². The second-order valence-electron chi connectivity index (χ2n) is 5.27. The number of hydrogen-bond acceptors (Lipinski definition) is 3. The minimum atomic E-state index is -0.549. The number of rotatable bonds is 2. The van der Waals surface area contributed by atoms with Crippen molar-refractivity contribution in [2.75, 3.05) is 13.1 Å². The van der Waals surface area contributed by atoms with Crippen LogP contribution in [0.15, 0.2) is 0 Å². The fourth-order valence-corrected chi connectivity index (χ4v) is 3.03. The summed E-state index contributed by atoms with van der Waals surface area (Å²) in [4.78, 5) is 14.8. The van der Waals surface area contributed by atoms with E-state index in [4.69, 9.17) is 22.7 Å². The summed E-state index contributed by atoms with van der Waals surface area (Å²) in [6.45, 7) is 5.27. The van der Waals surface area contributed by atoms with E-state index in [-0.39, 0.29) is 18.1 Å². The molecular formula is C12H20N2O2S. The molecule has 0 aromatic carbocycles. The van der Waals surface area contributed by atoms with E-state index in [1.54, 1.807) is 0 Å². The molecular weight excluding hydrogens is 236 g/mol. The lowest BCUT2D eigenvalue weighted by atomic mass is 9.67. The second-order valence-corrected chi connectivity index (χ2v) is 5.71. The van der Waals surface area contributed by atoms with Crippen LogP contribution < -0.4 is 5.73 Å². The molecule has 0 aromatic heterocycles. The second kappa shape index (κ2) is 4.53. The number of carbonyl (C=O) groups is 1. The SMILES string of the molecule is CC1CN(C(=O)C2(C(N)=S)CCC2)CC(C)O1. The predicted molar refractivity (Wildman–Crippen MR) is 69.7 cm³/mol. The van der Waals surface area contributed by atoms with Gasteiger partial charge in [-0.2, -0.15) is 0 Å². The molecule has 1 saturated heterocycles. The number of nitrogens with zero attached hydrogens (tertiary/aromatic N) is 1. The number of morpholine rings is 1. The molecule has 1 amide bonds. The third-order valence-electron chi connectivity index (χ3n) is 3.79. The summed E-state index contributed by atoms with van der Waals surface area (Å²) in [7, 11) is 0. The van der Waals surface area contributed by atoms with E-state index in [2.05, 4.69) is 0 Å². The zero-order valence-corrected chi connectivity index (χ0v) is 11.3. The Labute approximate surface area is 107 Å². The van der Waals surface area contributed by atoms with Gasteiger partial charge in [-0.3, -0.25) is 4.79 Å². The summed E-state index contributed by atoms with van der Waals surface area (Å²) in [6, 6.07) is 0. The number of carbonyl (C=O) groups excluding carboxylic acids is 1. The lowest BCUT2D eigenvalue weighted by Gasteiger charge is -2.45. The van der Waals surface area contributed by atoms with Crippen molar-refractivity contribution >= 4 is 23.1 Å². The van der Waals surface area contributed by atoms with E-state index < -0.39 is 5.41 Å². The summed E-state index contributed by atoms with van der Waals surface area (Å²) in [6.07, 6.45) is 2.83. The van der Waals surface area contributed by atoms with Crippen molar-refractivity contribution in [2.45, 2.75) is 45.3 Å². The molecule has 1 aliphatic heterocycles. The standard InChI is InChI=1S/C12H20N2O2S/c1-8-6-14(7-9(2)16-8)11(15)12(10(13)17)4-3-5-12/h8-9H,3-7H2,1-2H3,(H2,13,17). The van der Waals surface area contributed by atoms with Crippen molar-refractivity contribution in [1.29, 1.82) is 0 Å². The Morgan fingerprint density at radius 1 is 1.35 bits per heavy atom. The lowest BCUT2D eigenvalue weighted by Crippen LogP contribution is -2.58. The van der Waals surface area contributed by atoms with Gasteiger partial charge in [0.05, 0.1) is 22.6 Å². The molecule has 2 aliphatic rings. The Balaban J connectivity index is 2.11. The fourth-order valence-electron chi connectivity index (χ4n) is 2.74. The molecule has 4 nitrogen and oxygen atoms in total. The van der Waals surface area contributed by atoms with Crippen molar-refractivity contribution in [2.24, 2.45) is 11.1 Å². The largest absolute Gasteiger partial charge is 0.392 e. The van der Waals surface area contributed by atoms with Gasteiger partial charge in [0.15, 0.2) is 0 Å². The van der Waals surface area contributed by atoms with Crippen molar-refractivity contribution < 1.29 is 9.53 Å². The molecule has 0 bridgehead atoms. The van der Waals surface area contributed by atoms with Crippen LogP contribution in [0.1, 0.15) is 33.1 Å². The normalized spacial score (nSPS) is 31.8. The summed E-state index contributed by atoms with van der Waals surface area (Å²) in [5, 5.41) is 0. The number of thiocarbonyl (C=S) groups is 1. The third-order valence-corrected chi connectivity index (χ3v) is 4.19. The molecule has 2 fully saturated rings. The molecule has 0 spiro atoms. The van der Waals surface area contributed by atoms with E-state index in [0.29, 0.717) is 18.1 Å². The molecule has 1 aliphatic carbocycles. The lowest BCUT2D eigenvalue weighted by molar-refractivity contribution is -0.153. The average Bonchev–Trinajstić information content (AvgIpc) is 2.13. The van der Waals surface area contributed by atoms with E-state index >= 15 is 0 Å². The molecule has 2 atom stereocenters. The molecule has 1 saturated carbocycles. The molecule has 0 aromatic rings. The van der Waals surface area contributed by atoms with Crippen molar-refractivity contribution in [3.05, 3.63) is 0 Å². The van der Waals surface area contributed by atoms with Crippen LogP contribution in [-0.2, 0) is 9.53 Å². The maximum Gasteiger partial charge on any atom is 0.235 e. The highest BCUT2D eigenvalue weighted by molar-refractivity contribution is 7.80. The van der Waals surface area contributed by atoms with E-state index in [0.717, 1.165) is 19.3 Å². The van der Waals surface area contributed by atoms with Gasteiger partial charge in [-0.25, -0.2) is 0 Å². The molecule has 5 heteroatoms. The molecule has 0 radical (unpaired) electrons. The zero-order chi connectivity index (χ0) is 12.6. The van der Waals surface area contributed by atoms with Crippen LogP contribution in [0.3, 0.4) is 0 Å². The number of ether oxygens (including phenoxy) is 1. The Kier molecular flexibility index (Phi) is 3.41. The molecule has 17 heavy (non-hydrogen) atoms. The van der Waals surface area contributed by atoms with E-state index in [9.17, 15) is 4.79 Å². The fraction of sp³-hybridized carbons (Fsp3) is 0.833. The van der Waals surface area contributed by atoms with Crippen molar-refractivity contribution in [1.82, 2.24) is 4.90 Å². The first-order valence-corrected chi connectivity index (χ1v) is 6.61. The van der Waals surface area contributed by atoms with Gasteiger partial charge < -0.3 is 15.4 Å². The Morgan fingerprint density at radius 3 is 2.24 bits per heavy atom. The smallest absolute Gasteiger partial charge is 0.235 e. The molecule has 2 rings (SSSR count). The first-order chi connectivity index (χ1) is 7.95. The van der Waals surface area contributed by atoms with Gasteiger partial charge in [-0.1, -0.05) is 18.6 Å². The van der Waals surface area contributed by atoms with Crippen LogP contribution in [-0.4, -0.2) is 41.1 Å². The Hall–Kier alpha value is -0.680. The summed E-state index contributed by atoms with van der Waals surface area (Å²) in [5.74, 6) is 0.109. The summed E-state index contributed by atoms with van der Waals surface area (Å²) < 4.78 is 5.63. The van der Waals surface area contributed by atoms with Gasteiger partial charge in [0.2, 0.25) is 5.91 Å². The summed E-state index contributed by atoms with van der Waals surface area (Å²) >= 11 is 5.08. The molecule has 1 heterocycles. The quantitative estimate of drug-likeness (QED) is 0.751. The average molecular weight is 256 g/mol. The molecule has 2 N–H and O–H groups in total. The van der Waals surface area contributed by atoms with Gasteiger partial charge in [-0.05, 0) is 26.7 Å². The van der Waals surface area contributed by atoms with Crippen LogP contribution >= 0.6 is 12.2 Å². The van der Waals surface area contributed by atoms with Gasteiger partial charge in [0, 0.05) is 13.1 Å². The maximum absolute atomic E-state index is 12.5. The minimum Gasteiger partial charge on any atom is -0.392 e. The molecule has 2 unspecified atom stereocenters. The van der Waals surface area contributed by atoms with Crippen LogP contribution in [0.4, 0.5) is 0 Å². The first kappa shape index (κ1) is 12.8. The molecule has 96 valence electrons. The Bertz CT molecular complexity index is 331. The number of nitrogens with two attached hydrogens (primary N) is 1. The zero-order valence-electron chi connectivity index (χ0n) is 10.4. The topological polar surface area (TPSA) is 55.6 Å². The third kappa shape index (κ3) is 2.18. The van der Waals surface area contributed by atoms with Crippen LogP contribution in [0, 0.1) is 5.41 Å². The summed E-state index contributed by atoms with van der Waals surface area (Å²) in [5.41, 5.74) is 5.21. The van der Waals surface area contributed by atoms with Crippen LogP contribution in [0.5, 0.6) is 0 Å².